The Morgan fingerprint density at radius 1 is 1.36 bits per heavy atom. The van der Waals surface area contributed by atoms with Gasteiger partial charge in [-0.15, -0.1) is 12.4 Å². The van der Waals surface area contributed by atoms with Gasteiger partial charge >= 0.3 is 0 Å². The number of hydrogen-bond donors (Lipinski definition) is 3. The van der Waals surface area contributed by atoms with E-state index in [1.54, 1.807) is 0 Å². The second-order valence-corrected chi connectivity index (χ2v) is 7.57. The van der Waals surface area contributed by atoms with E-state index in [0.29, 0.717) is 30.1 Å². The second-order valence-electron chi connectivity index (χ2n) is 7.13. The van der Waals surface area contributed by atoms with Crippen molar-refractivity contribution in [2.24, 2.45) is 17.8 Å². The number of carbonyl (C=O) groups is 1. The van der Waals surface area contributed by atoms with Gasteiger partial charge in [0, 0.05) is 24.0 Å². The average Bonchev–Trinajstić information content (AvgIpc) is 3.04. The molecule has 25 heavy (non-hydrogen) atoms. The highest BCUT2D eigenvalue weighted by Gasteiger charge is 2.58. The Kier molecular flexibility index (Phi) is 4.19. The molecular formula is C17H20Cl2N4O2. The van der Waals surface area contributed by atoms with Gasteiger partial charge in [-0.25, -0.2) is 4.98 Å². The van der Waals surface area contributed by atoms with Gasteiger partial charge in [0.25, 0.3) is 0 Å². The van der Waals surface area contributed by atoms with Crippen molar-refractivity contribution in [3.8, 4) is 0 Å². The lowest BCUT2D eigenvalue weighted by Gasteiger charge is -2.27. The van der Waals surface area contributed by atoms with Gasteiger partial charge in [0.1, 0.15) is 11.4 Å². The lowest BCUT2D eigenvalue weighted by atomic mass is 9.97. The summed E-state index contributed by atoms with van der Waals surface area (Å²) in [6.45, 7) is 2.98. The summed E-state index contributed by atoms with van der Waals surface area (Å²) in [6, 6.07) is 5.57. The molecule has 3 fully saturated rings. The SMILES string of the molecule is Cl.O=C(NC1(c2nc3ccc(Cl)cc3[nH]2)CCOC1)C1[C@H]2CNC[C@@H]12. The lowest BCUT2D eigenvalue weighted by molar-refractivity contribution is -0.125. The number of fused-ring (bicyclic) bond motifs is 2. The molecule has 1 aromatic heterocycles. The van der Waals surface area contributed by atoms with Crippen molar-refractivity contribution >= 4 is 40.9 Å². The average molecular weight is 383 g/mol. The molecule has 6 nitrogen and oxygen atoms in total. The predicted octanol–water partition coefficient (Wildman–Crippen LogP) is 1.84. The summed E-state index contributed by atoms with van der Waals surface area (Å²) in [4.78, 5) is 20.8. The summed E-state index contributed by atoms with van der Waals surface area (Å²) in [5.41, 5.74) is 1.17. The molecule has 2 aromatic rings. The maximum absolute atomic E-state index is 12.8. The summed E-state index contributed by atoms with van der Waals surface area (Å²) in [6.07, 6.45) is 0.729. The molecular weight excluding hydrogens is 363 g/mol. The minimum Gasteiger partial charge on any atom is -0.378 e. The molecule has 3 heterocycles. The third-order valence-corrected chi connectivity index (χ3v) is 5.91. The number of aromatic amines is 1. The number of piperidine rings is 1. The van der Waals surface area contributed by atoms with E-state index in [9.17, 15) is 4.79 Å². The van der Waals surface area contributed by atoms with Crippen LogP contribution in [0.1, 0.15) is 12.2 Å². The number of hydrogen-bond acceptors (Lipinski definition) is 4. The maximum atomic E-state index is 12.8. The highest BCUT2D eigenvalue weighted by atomic mass is 35.5. The first-order valence-electron chi connectivity index (χ1n) is 8.43. The number of H-pyrrole nitrogens is 1. The number of imidazole rings is 1. The third-order valence-electron chi connectivity index (χ3n) is 5.68. The fourth-order valence-electron chi connectivity index (χ4n) is 4.24. The number of amides is 1. The Labute approximate surface area is 156 Å². The molecule has 2 aliphatic heterocycles. The van der Waals surface area contributed by atoms with Gasteiger partial charge in [0.05, 0.1) is 17.6 Å². The Hall–Kier alpha value is -1.34. The number of carbonyl (C=O) groups excluding carboxylic acids is 1. The molecule has 2 saturated heterocycles. The van der Waals surface area contributed by atoms with Gasteiger partial charge in [0.15, 0.2) is 0 Å². The van der Waals surface area contributed by atoms with Gasteiger partial charge in [-0.3, -0.25) is 4.79 Å². The van der Waals surface area contributed by atoms with E-state index in [1.807, 2.05) is 18.2 Å². The van der Waals surface area contributed by atoms with Crippen LogP contribution in [0.5, 0.6) is 0 Å². The minimum atomic E-state index is -0.563. The molecule has 0 radical (unpaired) electrons. The Morgan fingerprint density at radius 2 is 2.16 bits per heavy atom. The van der Waals surface area contributed by atoms with Crippen molar-refractivity contribution in [2.45, 2.75) is 12.0 Å². The molecule has 1 saturated carbocycles. The molecule has 4 atom stereocenters. The molecule has 0 bridgehead atoms. The topological polar surface area (TPSA) is 79.0 Å². The monoisotopic (exact) mass is 382 g/mol. The molecule has 3 N–H and O–H groups in total. The van der Waals surface area contributed by atoms with E-state index in [4.69, 9.17) is 21.3 Å². The van der Waals surface area contributed by atoms with E-state index >= 15 is 0 Å². The second kappa shape index (κ2) is 6.13. The zero-order valence-electron chi connectivity index (χ0n) is 13.5. The van der Waals surface area contributed by atoms with E-state index in [2.05, 4.69) is 15.6 Å². The zero-order chi connectivity index (χ0) is 16.3. The van der Waals surface area contributed by atoms with Crippen LogP contribution in [0.4, 0.5) is 0 Å². The molecule has 8 heteroatoms. The molecule has 0 spiro atoms. The van der Waals surface area contributed by atoms with Crippen LogP contribution < -0.4 is 10.6 Å². The first kappa shape index (κ1) is 17.1. The molecule has 5 rings (SSSR count). The molecule has 1 aliphatic carbocycles. The van der Waals surface area contributed by atoms with E-state index < -0.39 is 5.54 Å². The van der Waals surface area contributed by atoms with Crippen LogP contribution in [-0.2, 0) is 15.1 Å². The predicted molar refractivity (Wildman–Crippen MR) is 96.9 cm³/mol. The summed E-state index contributed by atoms with van der Waals surface area (Å²) >= 11 is 6.06. The fraction of sp³-hybridized carbons (Fsp3) is 0.529. The Bertz CT molecular complexity index is 808. The van der Waals surface area contributed by atoms with E-state index in [-0.39, 0.29) is 24.2 Å². The smallest absolute Gasteiger partial charge is 0.224 e. The number of ether oxygens (including phenoxy) is 1. The van der Waals surface area contributed by atoms with Gasteiger partial charge in [-0.2, -0.15) is 0 Å². The van der Waals surface area contributed by atoms with Crippen molar-refractivity contribution in [1.82, 2.24) is 20.6 Å². The summed E-state index contributed by atoms with van der Waals surface area (Å²) in [7, 11) is 0. The summed E-state index contributed by atoms with van der Waals surface area (Å²) < 4.78 is 5.62. The first-order valence-corrected chi connectivity index (χ1v) is 8.80. The van der Waals surface area contributed by atoms with Crippen molar-refractivity contribution in [3.05, 3.63) is 29.0 Å². The van der Waals surface area contributed by atoms with Gasteiger partial charge in [-0.05, 0) is 43.1 Å². The molecule has 3 aliphatic rings. The Balaban J connectivity index is 0.00000157. The number of nitrogens with one attached hydrogen (secondary N) is 3. The number of halogens is 2. The van der Waals surface area contributed by atoms with E-state index in [1.165, 1.54) is 0 Å². The van der Waals surface area contributed by atoms with Crippen LogP contribution in [-0.4, -0.2) is 42.2 Å². The van der Waals surface area contributed by atoms with Crippen LogP contribution in [0.25, 0.3) is 11.0 Å². The first-order chi connectivity index (χ1) is 11.7. The normalized spacial score (nSPS) is 33.1. The largest absolute Gasteiger partial charge is 0.378 e. The summed E-state index contributed by atoms with van der Waals surface area (Å²) in [5.74, 6) is 2.03. The third kappa shape index (κ3) is 2.72. The highest BCUT2D eigenvalue weighted by molar-refractivity contribution is 6.31. The van der Waals surface area contributed by atoms with Crippen molar-refractivity contribution in [1.29, 1.82) is 0 Å². The number of benzene rings is 1. The van der Waals surface area contributed by atoms with Crippen LogP contribution in [0.15, 0.2) is 18.2 Å². The van der Waals surface area contributed by atoms with Crippen LogP contribution in [0, 0.1) is 17.8 Å². The van der Waals surface area contributed by atoms with Crippen molar-refractivity contribution in [2.75, 3.05) is 26.3 Å². The highest BCUT2D eigenvalue weighted by Crippen LogP contribution is 2.49. The number of rotatable bonds is 3. The number of nitrogens with zero attached hydrogens (tertiary/aromatic N) is 1. The van der Waals surface area contributed by atoms with Gasteiger partial charge in [0.2, 0.25) is 5.91 Å². The van der Waals surface area contributed by atoms with Crippen molar-refractivity contribution < 1.29 is 9.53 Å². The lowest BCUT2D eigenvalue weighted by Crippen LogP contribution is -2.48. The van der Waals surface area contributed by atoms with Crippen molar-refractivity contribution in [3.63, 3.8) is 0 Å². The fourth-order valence-corrected chi connectivity index (χ4v) is 4.42. The van der Waals surface area contributed by atoms with Gasteiger partial charge in [-0.1, -0.05) is 11.6 Å². The van der Waals surface area contributed by atoms with E-state index in [0.717, 1.165) is 36.4 Å². The van der Waals surface area contributed by atoms with Gasteiger partial charge < -0.3 is 20.4 Å². The standard InChI is InChI=1S/C17H19ClN4O2.ClH/c18-9-1-2-12-13(5-9)21-16(20-12)17(3-4-24-8-17)22-15(23)14-10-6-19-7-11(10)14;/h1-2,5,10-11,14,19H,3-4,6-8H2,(H,20,21)(H,22,23);1H/t10-,11+,14?,17?;. The van der Waals surface area contributed by atoms with Crippen LogP contribution in [0.2, 0.25) is 5.02 Å². The molecule has 134 valence electrons. The van der Waals surface area contributed by atoms with Crippen LogP contribution >= 0.6 is 24.0 Å². The maximum Gasteiger partial charge on any atom is 0.224 e. The quantitative estimate of drug-likeness (QED) is 0.756. The molecule has 1 amide bonds. The number of aromatic nitrogens is 2. The van der Waals surface area contributed by atoms with Crippen LogP contribution in [0.3, 0.4) is 0 Å². The summed E-state index contributed by atoms with van der Waals surface area (Å²) in [5, 5.41) is 7.25. The molecule has 1 aromatic carbocycles. The molecule has 2 unspecified atom stereocenters. The minimum absolute atomic E-state index is 0. The zero-order valence-corrected chi connectivity index (χ0v) is 15.1. The Morgan fingerprint density at radius 3 is 2.88 bits per heavy atom.